The number of hydrogen-bond acceptors (Lipinski definition) is 3. The van der Waals surface area contributed by atoms with Crippen molar-refractivity contribution in [2.45, 2.75) is 19.3 Å². The van der Waals surface area contributed by atoms with Gasteiger partial charge in [-0.05, 0) is 189 Å². The number of nitrogens with zero attached hydrogens (tertiary/aromatic N) is 5. The second-order valence-electron chi connectivity index (χ2n) is 25.6. The van der Waals surface area contributed by atoms with Gasteiger partial charge in [-0.25, -0.2) is 9.97 Å². The van der Waals surface area contributed by atoms with Crippen LogP contribution in [0.4, 0.5) is 17.1 Å². The standard InChI is InChI=1S/C87H55N5/c1-87(2)76-51-73-66-27-9-7-25-64(66)63-24-6-8-26-65(63)72(73)50-74(76)69-43-44-70-75-49-56(38-45-80(75)92(85(70)83(69)87)86-88-77-31-13-10-30-71(77)84(89-86)54-18-4-3-5-19-54)55-22-17-23-61(46-55)90(62-47-57-36-34-52-20-16-21-53-35-37-58(48-62)82(57)81(52)53)59-39-41-60(42-40-59)91-78-32-14-11-28-67(78)68-29-12-15-33-79(68)91/h3-51H,1-2H3. The highest BCUT2D eigenvalue weighted by molar-refractivity contribution is 6.27. The van der Waals surface area contributed by atoms with Gasteiger partial charge >= 0.3 is 0 Å². The van der Waals surface area contributed by atoms with Gasteiger partial charge in [0.2, 0.25) is 5.95 Å². The molecule has 20 rings (SSSR count). The maximum Gasteiger partial charge on any atom is 0.235 e. The van der Waals surface area contributed by atoms with Gasteiger partial charge in [-0.1, -0.05) is 220 Å². The van der Waals surface area contributed by atoms with Gasteiger partial charge in [0.25, 0.3) is 0 Å². The van der Waals surface area contributed by atoms with Gasteiger partial charge in [0.1, 0.15) is 0 Å². The third kappa shape index (κ3) is 7.24. The van der Waals surface area contributed by atoms with Crippen molar-refractivity contribution in [1.29, 1.82) is 0 Å². The van der Waals surface area contributed by atoms with E-state index < -0.39 is 5.41 Å². The van der Waals surface area contributed by atoms with Crippen LogP contribution in [-0.4, -0.2) is 19.1 Å². The molecule has 0 aliphatic heterocycles. The average molecular weight is 1170 g/mol. The maximum atomic E-state index is 5.65. The van der Waals surface area contributed by atoms with Crippen LogP contribution in [0, 0.1) is 0 Å². The van der Waals surface area contributed by atoms with Crippen molar-refractivity contribution in [3.63, 3.8) is 0 Å². The number of fused-ring (bicyclic) bond motifs is 17. The molecule has 0 saturated heterocycles. The largest absolute Gasteiger partial charge is 0.310 e. The first-order valence-corrected chi connectivity index (χ1v) is 31.9. The van der Waals surface area contributed by atoms with Crippen LogP contribution in [0.5, 0.6) is 0 Å². The van der Waals surface area contributed by atoms with Gasteiger partial charge in [0, 0.05) is 60.7 Å². The summed E-state index contributed by atoms with van der Waals surface area (Å²) in [6, 6.07) is 110. The molecular weight excluding hydrogens is 1110 g/mol. The van der Waals surface area contributed by atoms with Crippen molar-refractivity contribution in [2.24, 2.45) is 0 Å². The Kier molecular flexibility index (Phi) is 10.6. The van der Waals surface area contributed by atoms with Crippen LogP contribution < -0.4 is 4.90 Å². The molecule has 428 valence electrons. The van der Waals surface area contributed by atoms with Crippen molar-refractivity contribution in [1.82, 2.24) is 19.1 Å². The highest BCUT2D eigenvalue weighted by Gasteiger charge is 2.40. The Hall–Kier alpha value is -11.9. The molecule has 0 radical (unpaired) electrons. The molecule has 0 amide bonds. The second kappa shape index (κ2) is 19.1. The average Bonchev–Trinajstić information content (AvgIpc) is 1.47. The van der Waals surface area contributed by atoms with Gasteiger partial charge in [-0.2, -0.15) is 0 Å². The zero-order valence-electron chi connectivity index (χ0n) is 50.5. The molecule has 92 heavy (non-hydrogen) atoms. The van der Waals surface area contributed by atoms with Crippen LogP contribution in [-0.2, 0) is 5.41 Å². The molecule has 3 heterocycles. The first-order valence-electron chi connectivity index (χ1n) is 31.9. The molecule has 0 N–H and O–H groups in total. The zero-order valence-corrected chi connectivity index (χ0v) is 50.5. The van der Waals surface area contributed by atoms with Crippen molar-refractivity contribution in [2.75, 3.05) is 4.90 Å². The van der Waals surface area contributed by atoms with Gasteiger partial charge in [0.15, 0.2) is 0 Å². The van der Waals surface area contributed by atoms with Crippen LogP contribution in [0.3, 0.4) is 0 Å². The molecule has 5 nitrogen and oxygen atoms in total. The first-order chi connectivity index (χ1) is 45.4. The molecule has 19 aromatic rings. The molecule has 5 heteroatoms. The zero-order chi connectivity index (χ0) is 60.5. The van der Waals surface area contributed by atoms with Crippen molar-refractivity contribution >= 4 is 136 Å². The predicted octanol–water partition coefficient (Wildman–Crippen LogP) is 23.3. The lowest BCUT2D eigenvalue weighted by Gasteiger charge is -2.27. The molecule has 1 aliphatic rings. The number of aromatic nitrogens is 4. The van der Waals surface area contributed by atoms with Gasteiger partial charge in [0.05, 0.1) is 33.3 Å². The van der Waals surface area contributed by atoms with Crippen LogP contribution in [0.15, 0.2) is 297 Å². The third-order valence-electron chi connectivity index (χ3n) is 20.3. The summed E-state index contributed by atoms with van der Waals surface area (Å²) in [5, 5.41) is 21.0. The number of para-hydroxylation sites is 3. The Bertz CT molecular complexity index is 6230. The van der Waals surface area contributed by atoms with E-state index in [-0.39, 0.29) is 0 Å². The summed E-state index contributed by atoms with van der Waals surface area (Å²) in [6.45, 7) is 4.84. The SMILES string of the molecule is CC1(C)c2cc3c4ccccc4c4ccccc4c3cc2-c2ccc3c4cc(-c5cccc(N(c6ccc(-n7c8ccccc8c8ccccc87)cc6)c6cc7ccc8cccc9ccc(c6)c7c89)c5)ccc4n(-c4nc(-c5ccccc5)c5ccccc5n4)c3c21. The molecule has 0 atom stereocenters. The fraction of sp³-hybridized carbons (Fsp3) is 0.0345. The minimum atomic E-state index is -0.412. The topological polar surface area (TPSA) is 38.9 Å². The number of hydrogen-bond donors (Lipinski definition) is 0. The van der Waals surface area contributed by atoms with E-state index in [9.17, 15) is 0 Å². The minimum absolute atomic E-state index is 0.412. The molecule has 0 spiro atoms. The van der Waals surface area contributed by atoms with Crippen LogP contribution in [0.1, 0.15) is 25.0 Å². The lowest BCUT2D eigenvalue weighted by Crippen LogP contribution is -2.17. The molecular formula is C87H55N5. The summed E-state index contributed by atoms with van der Waals surface area (Å²) in [4.78, 5) is 13.6. The van der Waals surface area contributed by atoms with E-state index in [1.54, 1.807) is 0 Å². The quantitative estimate of drug-likeness (QED) is 0.149. The summed E-state index contributed by atoms with van der Waals surface area (Å²) in [6.07, 6.45) is 0. The lowest BCUT2D eigenvalue weighted by atomic mass is 9.80. The van der Waals surface area contributed by atoms with E-state index in [0.717, 1.165) is 77.8 Å². The van der Waals surface area contributed by atoms with E-state index >= 15 is 0 Å². The summed E-state index contributed by atoms with van der Waals surface area (Å²) in [5.74, 6) is 0.646. The Morgan fingerprint density at radius 3 is 1.57 bits per heavy atom. The van der Waals surface area contributed by atoms with Crippen LogP contribution in [0.2, 0.25) is 0 Å². The molecule has 0 fully saturated rings. The molecule has 3 aromatic heterocycles. The lowest BCUT2D eigenvalue weighted by molar-refractivity contribution is 0.664. The fourth-order valence-corrected chi connectivity index (χ4v) is 16.2. The van der Waals surface area contributed by atoms with E-state index in [1.807, 2.05) is 0 Å². The normalized spacial score (nSPS) is 13.0. The number of anilines is 3. The third-order valence-corrected chi connectivity index (χ3v) is 20.3. The maximum absolute atomic E-state index is 5.65. The van der Waals surface area contributed by atoms with E-state index in [0.29, 0.717) is 5.95 Å². The molecule has 1 aliphatic carbocycles. The Balaban J connectivity index is 0.798. The first kappa shape index (κ1) is 51.0. The highest BCUT2D eigenvalue weighted by Crippen LogP contribution is 2.56. The highest BCUT2D eigenvalue weighted by atomic mass is 15.2. The number of rotatable bonds is 7. The van der Waals surface area contributed by atoms with Crippen molar-refractivity contribution < 1.29 is 0 Å². The van der Waals surface area contributed by atoms with Crippen LogP contribution in [0.25, 0.3) is 164 Å². The van der Waals surface area contributed by atoms with Gasteiger partial charge in [-0.3, -0.25) is 4.57 Å². The van der Waals surface area contributed by atoms with E-state index in [1.165, 1.54) is 109 Å². The summed E-state index contributed by atoms with van der Waals surface area (Å²) in [7, 11) is 0. The molecule has 16 aromatic carbocycles. The predicted molar refractivity (Wildman–Crippen MR) is 388 cm³/mol. The summed E-state index contributed by atoms with van der Waals surface area (Å²) in [5.41, 5.74) is 18.7. The number of benzene rings is 16. The van der Waals surface area contributed by atoms with E-state index in [4.69, 9.17) is 9.97 Å². The Morgan fingerprint density at radius 2 is 0.870 bits per heavy atom. The molecule has 0 bridgehead atoms. The molecule has 0 unspecified atom stereocenters. The summed E-state index contributed by atoms with van der Waals surface area (Å²) >= 11 is 0. The second-order valence-corrected chi connectivity index (χ2v) is 25.6. The van der Waals surface area contributed by atoms with Gasteiger partial charge < -0.3 is 9.47 Å². The van der Waals surface area contributed by atoms with Crippen molar-refractivity contribution in [3.8, 4) is 45.1 Å². The van der Waals surface area contributed by atoms with Crippen molar-refractivity contribution in [3.05, 3.63) is 308 Å². The van der Waals surface area contributed by atoms with E-state index in [2.05, 4.69) is 325 Å². The Labute approximate surface area is 529 Å². The monoisotopic (exact) mass is 1170 g/mol. The fourth-order valence-electron chi connectivity index (χ4n) is 16.2. The van der Waals surface area contributed by atoms with Crippen LogP contribution >= 0.6 is 0 Å². The molecule has 0 saturated carbocycles. The van der Waals surface area contributed by atoms with Gasteiger partial charge in [-0.15, -0.1) is 0 Å². The summed E-state index contributed by atoms with van der Waals surface area (Å²) < 4.78 is 4.78. The smallest absolute Gasteiger partial charge is 0.235 e. The Morgan fingerprint density at radius 1 is 0.315 bits per heavy atom. The minimum Gasteiger partial charge on any atom is -0.310 e.